The van der Waals surface area contributed by atoms with E-state index in [0.717, 1.165) is 16.6 Å². The number of benzene rings is 2. The summed E-state index contributed by atoms with van der Waals surface area (Å²) in [6.07, 6.45) is 1.76. The fraction of sp³-hybridized carbons (Fsp3) is 0.0667. The fourth-order valence-electron chi connectivity index (χ4n) is 1.80. The van der Waals surface area contributed by atoms with Gasteiger partial charge in [0.2, 0.25) is 0 Å². The molecule has 0 spiro atoms. The van der Waals surface area contributed by atoms with Crippen LogP contribution in [0.4, 0.5) is 5.69 Å². The molecule has 94 valence electrons. The van der Waals surface area contributed by atoms with Crippen molar-refractivity contribution in [1.82, 2.24) is 9.97 Å². The lowest BCUT2D eigenvalue weighted by molar-refractivity contribution is 0.444. The third kappa shape index (κ3) is 2.47. The van der Waals surface area contributed by atoms with Crippen LogP contribution in [0.3, 0.4) is 0 Å². The van der Waals surface area contributed by atoms with Gasteiger partial charge in [-0.1, -0.05) is 18.2 Å². The Morgan fingerprint density at radius 3 is 2.58 bits per heavy atom. The lowest BCUT2D eigenvalue weighted by atomic mass is 10.2. The zero-order valence-corrected chi connectivity index (χ0v) is 10.5. The van der Waals surface area contributed by atoms with Crippen LogP contribution in [0.5, 0.6) is 11.8 Å². The van der Waals surface area contributed by atoms with Gasteiger partial charge in [-0.3, -0.25) is 0 Å². The van der Waals surface area contributed by atoms with E-state index in [-0.39, 0.29) is 0 Å². The Morgan fingerprint density at radius 1 is 1.00 bits per heavy atom. The summed E-state index contributed by atoms with van der Waals surface area (Å²) in [5.41, 5.74) is 1.91. The first-order chi connectivity index (χ1) is 9.35. The maximum atomic E-state index is 5.64. The molecule has 0 bridgehead atoms. The van der Waals surface area contributed by atoms with E-state index in [0.29, 0.717) is 11.8 Å². The second-order valence-electron chi connectivity index (χ2n) is 4.09. The smallest absolute Gasteiger partial charge is 0.322 e. The molecule has 0 radical (unpaired) electrons. The minimum atomic E-state index is 0.357. The summed E-state index contributed by atoms with van der Waals surface area (Å²) < 4.78 is 5.64. The molecular formula is C15H13N3O. The summed E-state index contributed by atoms with van der Waals surface area (Å²) >= 11 is 0. The van der Waals surface area contributed by atoms with Gasteiger partial charge in [-0.25, -0.2) is 4.98 Å². The number of ether oxygens (including phenoxy) is 1. The third-order valence-electron chi connectivity index (χ3n) is 2.82. The van der Waals surface area contributed by atoms with Crippen LogP contribution >= 0.6 is 0 Å². The Labute approximate surface area is 111 Å². The van der Waals surface area contributed by atoms with E-state index in [1.54, 1.807) is 6.20 Å². The minimum Gasteiger partial charge on any atom is -0.424 e. The van der Waals surface area contributed by atoms with Gasteiger partial charge in [-0.15, -0.1) is 0 Å². The average molecular weight is 251 g/mol. The van der Waals surface area contributed by atoms with Crippen molar-refractivity contribution in [2.75, 3.05) is 12.4 Å². The number of nitrogens with zero attached hydrogens (tertiary/aromatic N) is 2. The third-order valence-corrected chi connectivity index (χ3v) is 2.82. The van der Waals surface area contributed by atoms with Crippen molar-refractivity contribution in [3.05, 3.63) is 54.7 Å². The standard InChI is InChI=1S/C15H13N3O/c1-16-12-6-8-13(9-7-12)19-15-17-10-11-4-2-3-5-14(11)18-15/h2-10,16H,1H3. The van der Waals surface area contributed by atoms with Crippen LogP contribution in [-0.2, 0) is 0 Å². The summed E-state index contributed by atoms with van der Waals surface area (Å²) in [7, 11) is 1.88. The van der Waals surface area contributed by atoms with Crippen molar-refractivity contribution < 1.29 is 4.74 Å². The lowest BCUT2D eigenvalue weighted by Gasteiger charge is -2.05. The molecule has 2 aromatic carbocycles. The minimum absolute atomic E-state index is 0.357. The molecular weight excluding hydrogens is 238 g/mol. The Morgan fingerprint density at radius 2 is 1.79 bits per heavy atom. The molecule has 4 nitrogen and oxygen atoms in total. The molecule has 19 heavy (non-hydrogen) atoms. The van der Waals surface area contributed by atoms with Crippen molar-refractivity contribution in [3.8, 4) is 11.8 Å². The monoisotopic (exact) mass is 251 g/mol. The molecule has 0 atom stereocenters. The van der Waals surface area contributed by atoms with Crippen molar-refractivity contribution in [1.29, 1.82) is 0 Å². The molecule has 0 aliphatic rings. The summed E-state index contributed by atoms with van der Waals surface area (Å²) in [6, 6.07) is 15.8. The molecule has 4 heteroatoms. The average Bonchev–Trinajstić information content (AvgIpc) is 2.48. The first kappa shape index (κ1) is 11.5. The largest absolute Gasteiger partial charge is 0.424 e. The Kier molecular flexibility index (Phi) is 2.98. The van der Waals surface area contributed by atoms with Crippen LogP contribution in [0.1, 0.15) is 0 Å². The number of hydrogen-bond acceptors (Lipinski definition) is 4. The molecule has 3 aromatic rings. The fourth-order valence-corrected chi connectivity index (χ4v) is 1.80. The van der Waals surface area contributed by atoms with Gasteiger partial charge in [0, 0.05) is 24.3 Å². The topological polar surface area (TPSA) is 47.0 Å². The normalized spacial score (nSPS) is 10.4. The summed E-state index contributed by atoms with van der Waals surface area (Å²) in [4.78, 5) is 8.56. The van der Waals surface area contributed by atoms with Gasteiger partial charge in [0.1, 0.15) is 5.75 Å². The van der Waals surface area contributed by atoms with E-state index in [2.05, 4.69) is 15.3 Å². The number of fused-ring (bicyclic) bond motifs is 1. The quantitative estimate of drug-likeness (QED) is 0.774. The van der Waals surface area contributed by atoms with E-state index >= 15 is 0 Å². The number of hydrogen-bond donors (Lipinski definition) is 1. The van der Waals surface area contributed by atoms with Crippen molar-refractivity contribution in [2.45, 2.75) is 0 Å². The van der Waals surface area contributed by atoms with E-state index in [1.807, 2.05) is 55.6 Å². The Bertz CT molecular complexity index is 695. The first-order valence-corrected chi connectivity index (χ1v) is 6.02. The van der Waals surface area contributed by atoms with Gasteiger partial charge in [-0.05, 0) is 30.3 Å². The second-order valence-corrected chi connectivity index (χ2v) is 4.09. The maximum Gasteiger partial charge on any atom is 0.322 e. The molecule has 1 aromatic heterocycles. The van der Waals surface area contributed by atoms with Crippen LogP contribution in [0.25, 0.3) is 10.9 Å². The zero-order chi connectivity index (χ0) is 13.1. The van der Waals surface area contributed by atoms with Gasteiger partial charge >= 0.3 is 6.01 Å². The highest BCUT2D eigenvalue weighted by Gasteiger charge is 2.02. The summed E-state index contributed by atoms with van der Waals surface area (Å²) in [5, 5.41) is 4.06. The molecule has 0 saturated heterocycles. The van der Waals surface area contributed by atoms with Crippen molar-refractivity contribution >= 4 is 16.6 Å². The van der Waals surface area contributed by atoms with Crippen molar-refractivity contribution in [2.24, 2.45) is 0 Å². The van der Waals surface area contributed by atoms with Gasteiger partial charge in [0.15, 0.2) is 0 Å². The predicted molar refractivity (Wildman–Crippen MR) is 75.6 cm³/mol. The lowest BCUT2D eigenvalue weighted by Crippen LogP contribution is -1.92. The molecule has 0 saturated carbocycles. The van der Waals surface area contributed by atoms with E-state index in [1.165, 1.54) is 0 Å². The molecule has 1 heterocycles. The van der Waals surface area contributed by atoms with Gasteiger partial charge in [0.05, 0.1) is 5.52 Å². The van der Waals surface area contributed by atoms with E-state index in [4.69, 9.17) is 4.74 Å². The van der Waals surface area contributed by atoms with Gasteiger partial charge < -0.3 is 10.1 Å². The summed E-state index contributed by atoms with van der Waals surface area (Å²) in [6.45, 7) is 0. The predicted octanol–water partition coefficient (Wildman–Crippen LogP) is 3.46. The highest BCUT2D eigenvalue weighted by Crippen LogP contribution is 2.21. The molecule has 0 fully saturated rings. The number of rotatable bonds is 3. The van der Waals surface area contributed by atoms with Crippen LogP contribution in [-0.4, -0.2) is 17.0 Å². The number of anilines is 1. The number of aromatic nitrogens is 2. The highest BCUT2D eigenvalue weighted by atomic mass is 16.5. The maximum absolute atomic E-state index is 5.64. The van der Waals surface area contributed by atoms with Crippen LogP contribution < -0.4 is 10.1 Å². The molecule has 1 N–H and O–H groups in total. The Balaban J connectivity index is 1.87. The Hall–Kier alpha value is -2.62. The second kappa shape index (κ2) is 4.94. The van der Waals surface area contributed by atoms with E-state index < -0.39 is 0 Å². The van der Waals surface area contributed by atoms with Crippen LogP contribution in [0, 0.1) is 0 Å². The van der Waals surface area contributed by atoms with Gasteiger partial charge in [0.25, 0.3) is 0 Å². The van der Waals surface area contributed by atoms with Crippen LogP contribution in [0.15, 0.2) is 54.7 Å². The zero-order valence-electron chi connectivity index (χ0n) is 10.5. The summed E-state index contributed by atoms with van der Waals surface area (Å²) in [5.74, 6) is 0.717. The number of nitrogens with one attached hydrogen (secondary N) is 1. The number of para-hydroxylation sites is 1. The first-order valence-electron chi connectivity index (χ1n) is 6.02. The van der Waals surface area contributed by atoms with Gasteiger partial charge in [-0.2, -0.15) is 4.98 Å². The van der Waals surface area contributed by atoms with E-state index in [9.17, 15) is 0 Å². The molecule has 0 aliphatic carbocycles. The SMILES string of the molecule is CNc1ccc(Oc2ncc3ccccc3n2)cc1. The molecule has 0 amide bonds. The highest BCUT2D eigenvalue weighted by molar-refractivity contribution is 5.77. The van der Waals surface area contributed by atoms with Crippen LogP contribution in [0.2, 0.25) is 0 Å². The van der Waals surface area contributed by atoms with Crippen molar-refractivity contribution in [3.63, 3.8) is 0 Å². The molecule has 0 aliphatic heterocycles. The molecule has 3 rings (SSSR count). The molecule has 0 unspecified atom stereocenters.